The van der Waals surface area contributed by atoms with Crippen molar-refractivity contribution in [1.82, 2.24) is 40.5 Å². The molecular weight excluding hydrogens is 647 g/mol. The average Bonchev–Trinajstić information content (AvgIpc) is 3.75. The summed E-state index contributed by atoms with van der Waals surface area (Å²) in [6.45, 7) is 2.18. The van der Waals surface area contributed by atoms with E-state index in [0.717, 1.165) is 0 Å². The molecule has 0 saturated heterocycles. The van der Waals surface area contributed by atoms with Gasteiger partial charge in [-0.15, -0.1) is 5.10 Å². The molecule has 0 aliphatic rings. The number of halogens is 2. The number of pyridine rings is 1. The molecular formula is C31H28Cl2N10O4. The van der Waals surface area contributed by atoms with Crippen molar-refractivity contribution in [1.29, 1.82) is 0 Å². The Morgan fingerprint density at radius 3 is 2.60 bits per heavy atom. The molecule has 3 amide bonds. The van der Waals surface area contributed by atoms with E-state index in [-0.39, 0.29) is 23.3 Å². The lowest BCUT2D eigenvalue weighted by atomic mass is 10.1. The van der Waals surface area contributed by atoms with E-state index in [1.165, 1.54) is 29.1 Å². The highest BCUT2D eigenvalue weighted by Crippen LogP contribution is 2.30. The minimum Gasteiger partial charge on any atom is -0.453 e. The van der Waals surface area contributed by atoms with E-state index in [1.807, 2.05) is 6.92 Å². The van der Waals surface area contributed by atoms with Crippen LogP contribution in [-0.4, -0.2) is 66.7 Å². The minimum absolute atomic E-state index is 0.164. The number of nitrogens with one attached hydrogen (secondary N) is 3. The van der Waals surface area contributed by atoms with E-state index in [0.29, 0.717) is 45.6 Å². The van der Waals surface area contributed by atoms with E-state index in [9.17, 15) is 14.4 Å². The van der Waals surface area contributed by atoms with E-state index in [2.05, 4.69) is 45.8 Å². The molecule has 14 nitrogen and oxygen atoms in total. The molecule has 3 aromatic heterocycles. The number of H-pyrrole nitrogens is 1. The topological polar surface area (TPSA) is 173 Å². The number of hydrogen-bond donors (Lipinski definition) is 3. The van der Waals surface area contributed by atoms with Crippen molar-refractivity contribution < 1.29 is 19.1 Å². The monoisotopic (exact) mass is 674 g/mol. The Labute approximate surface area is 278 Å². The average molecular weight is 676 g/mol. The van der Waals surface area contributed by atoms with Crippen molar-refractivity contribution in [3.05, 3.63) is 101 Å². The molecule has 0 spiro atoms. The van der Waals surface area contributed by atoms with Crippen LogP contribution in [0.5, 0.6) is 0 Å². The van der Waals surface area contributed by atoms with Gasteiger partial charge in [0.25, 0.3) is 0 Å². The third kappa shape index (κ3) is 8.17. The van der Waals surface area contributed by atoms with Crippen LogP contribution in [0.1, 0.15) is 30.8 Å². The van der Waals surface area contributed by atoms with Crippen LogP contribution in [0.25, 0.3) is 23.0 Å². The molecule has 5 rings (SSSR count). The van der Waals surface area contributed by atoms with Crippen molar-refractivity contribution in [2.75, 3.05) is 23.9 Å². The number of aromatic amines is 1. The van der Waals surface area contributed by atoms with Crippen LogP contribution in [0, 0.1) is 0 Å². The van der Waals surface area contributed by atoms with Gasteiger partial charge in [-0.3, -0.25) is 19.8 Å². The summed E-state index contributed by atoms with van der Waals surface area (Å²) in [7, 11) is 1.27. The summed E-state index contributed by atoms with van der Waals surface area (Å²) in [6, 6.07) is 16.2. The Morgan fingerprint density at radius 1 is 1.11 bits per heavy atom. The van der Waals surface area contributed by atoms with Gasteiger partial charge in [0, 0.05) is 40.7 Å². The summed E-state index contributed by atoms with van der Waals surface area (Å²) < 4.78 is 6.07. The van der Waals surface area contributed by atoms with Crippen LogP contribution >= 0.6 is 23.2 Å². The highest BCUT2D eigenvalue weighted by Gasteiger charge is 2.26. The van der Waals surface area contributed by atoms with Crippen molar-refractivity contribution in [2.45, 2.75) is 19.4 Å². The van der Waals surface area contributed by atoms with Crippen LogP contribution in [0.4, 0.5) is 16.3 Å². The van der Waals surface area contributed by atoms with Crippen LogP contribution in [0.15, 0.2) is 79.3 Å². The van der Waals surface area contributed by atoms with E-state index in [4.69, 9.17) is 23.2 Å². The van der Waals surface area contributed by atoms with Gasteiger partial charge in [0.05, 0.1) is 25.3 Å². The van der Waals surface area contributed by atoms with Crippen molar-refractivity contribution in [3.63, 3.8) is 0 Å². The van der Waals surface area contributed by atoms with E-state index < -0.39 is 18.0 Å². The molecule has 3 N–H and O–H groups in total. The van der Waals surface area contributed by atoms with Crippen molar-refractivity contribution in [2.24, 2.45) is 0 Å². The second-order valence-corrected chi connectivity index (χ2v) is 10.7. The largest absolute Gasteiger partial charge is 0.453 e. The Hall–Kier alpha value is -5.60. The zero-order chi connectivity index (χ0) is 33.3. The quantitative estimate of drug-likeness (QED) is 0.158. The van der Waals surface area contributed by atoms with Crippen LogP contribution in [-0.2, 0) is 14.3 Å². The number of tetrazole rings is 1. The van der Waals surface area contributed by atoms with Crippen LogP contribution < -0.4 is 15.5 Å². The Morgan fingerprint density at radius 2 is 1.91 bits per heavy atom. The predicted molar refractivity (Wildman–Crippen MR) is 176 cm³/mol. The normalized spacial score (nSPS) is 11.7. The molecule has 0 fully saturated rings. The molecule has 0 bridgehead atoms. The summed E-state index contributed by atoms with van der Waals surface area (Å²) in [6.07, 6.45) is 5.12. The maximum absolute atomic E-state index is 13.6. The number of imidazole rings is 1. The van der Waals surface area contributed by atoms with Gasteiger partial charge < -0.3 is 15.0 Å². The maximum Gasteiger partial charge on any atom is 0.411 e. The number of anilines is 2. The number of rotatable bonds is 11. The maximum atomic E-state index is 13.6. The number of benzene rings is 2. The number of aromatic nitrogens is 7. The molecule has 16 heteroatoms. The summed E-state index contributed by atoms with van der Waals surface area (Å²) in [5.41, 5.74) is 2.69. The molecule has 0 aliphatic carbocycles. The molecule has 0 aliphatic heterocycles. The standard InChI is InChI=1S/C31H28Cl2N10O4/c1-3-42(25-6-4-5-15-34-25)27(45)17-23(30-38-28(29(33)39-30)19-7-11-22(12-8-19)36-31(46)47-2)37-26(44)14-9-20-16-21(32)10-13-24(20)43-18-35-40-41-43/h4-16,18,23H,3,17H2,1-2H3,(H,36,46)(H,37,44)(H,38,39)/t23-/m0/s1. The molecule has 5 aromatic rings. The second-order valence-electron chi connectivity index (χ2n) is 9.86. The number of nitrogens with zero attached hydrogens (tertiary/aromatic N) is 7. The molecule has 1 atom stereocenters. The Balaban J connectivity index is 1.43. The zero-order valence-electron chi connectivity index (χ0n) is 25.1. The number of hydrogen-bond acceptors (Lipinski definition) is 9. The van der Waals surface area contributed by atoms with Gasteiger partial charge in [0.15, 0.2) is 0 Å². The van der Waals surface area contributed by atoms with Gasteiger partial charge in [-0.1, -0.05) is 41.4 Å². The fourth-order valence-electron chi connectivity index (χ4n) is 4.61. The van der Waals surface area contributed by atoms with Crippen molar-refractivity contribution >= 4 is 58.7 Å². The van der Waals surface area contributed by atoms with Gasteiger partial charge in [-0.2, -0.15) is 4.68 Å². The lowest BCUT2D eigenvalue weighted by Crippen LogP contribution is -2.37. The third-order valence-electron chi connectivity index (χ3n) is 6.84. The predicted octanol–water partition coefficient (Wildman–Crippen LogP) is 5.25. The van der Waals surface area contributed by atoms with Crippen molar-refractivity contribution in [3.8, 4) is 16.9 Å². The molecule has 0 unspecified atom stereocenters. The first-order valence-electron chi connectivity index (χ1n) is 14.2. The fourth-order valence-corrected chi connectivity index (χ4v) is 5.04. The molecule has 0 saturated carbocycles. The number of ether oxygens (including phenoxy) is 1. The smallest absolute Gasteiger partial charge is 0.411 e. The first-order valence-corrected chi connectivity index (χ1v) is 14.9. The SMILES string of the molecule is CCN(C(=O)C[C@H](NC(=O)C=Cc1cc(Cl)ccc1-n1cnnn1)c1nc(-c2ccc(NC(=O)OC)cc2)c(Cl)[nH]1)c1ccccn1. The lowest BCUT2D eigenvalue weighted by Gasteiger charge is -2.23. The first-order chi connectivity index (χ1) is 22.7. The summed E-state index contributed by atoms with van der Waals surface area (Å²) in [5, 5.41) is 17.3. The van der Waals surface area contributed by atoms with Gasteiger partial charge in [0.2, 0.25) is 11.8 Å². The molecule has 2 aromatic carbocycles. The summed E-state index contributed by atoms with van der Waals surface area (Å²) >= 11 is 12.8. The second kappa shape index (κ2) is 15.1. The molecule has 3 heterocycles. The highest BCUT2D eigenvalue weighted by atomic mass is 35.5. The van der Waals surface area contributed by atoms with Gasteiger partial charge in [0.1, 0.15) is 28.8 Å². The summed E-state index contributed by atoms with van der Waals surface area (Å²) in [5.74, 6) is -0.0896. The Kier molecular flexibility index (Phi) is 10.5. The number of amides is 3. The number of carbonyl (C=O) groups excluding carboxylic acids is 3. The summed E-state index contributed by atoms with van der Waals surface area (Å²) in [4.78, 5) is 52.0. The first kappa shape index (κ1) is 32.8. The zero-order valence-corrected chi connectivity index (χ0v) is 26.6. The van der Waals surface area contributed by atoms with Crippen LogP contribution in [0.3, 0.4) is 0 Å². The third-order valence-corrected chi connectivity index (χ3v) is 7.34. The highest BCUT2D eigenvalue weighted by molar-refractivity contribution is 6.32. The van der Waals surface area contributed by atoms with Gasteiger partial charge >= 0.3 is 6.09 Å². The van der Waals surface area contributed by atoms with E-state index >= 15 is 0 Å². The van der Waals surface area contributed by atoms with Gasteiger partial charge in [-0.05, 0) is 65.9 Å². The molecule has 240 valence electrons. The molecule has 47 heavy (non-hydrogen) atoms. The number of carbonyl (C=O) groups is 3. The molecule has 0 radical (unpaired) electrons. The fraction of sp³-hybridized carbons (Fsp3) is 0.161. The van der Waals surface area contributed by atoms with Crippen LogP contribution in [0.2, 0.25) is 10.2 Å². The number of methoxy groups -OCH3 is 1. The van der Waals surface area contributed by atoms with Gasteiger partial charge in [-0.25, -0.2) is 14.8 Å². The Bertz CT molecular complexity index is 1880. The minimum atomic E-state index is -0.915. The van der Waals surface area contributed by atoms with E-state index in [1.54, 1.807) is 72.9 Å². The lowest BCUT2D eigenvalue weighted by molar-refractivity contribution is -0.120.